The van der Waals surface area contributed by atoms with Crippen molar-refractivity contribution in [1.82, 2.24) is 9.97 Å². The Labute approximate surface area is 97.6 Å². The van der Waals surface area contributed by atoms with E-state index in [9.17, 15) is 5.11 Å². The van der Waals surface area contributed by atoms with Gasteiger partial charge >= 0.3 is 0 Å². The Balaban J connectivity index is 2.36. The van der Waals surface area contributed by atoms with E-state index in [0.29, 0.717) is 6.61 Å². The van der Waals surface area contributed by atoms with Gasteiger partial charge in [-0.3, -0.25) is 4.98 Å². The Kier molecular flexibility index (Phi) is 3.61. The number of pyridine rings is 1. The van der Waals surface area contributed by atoms with E-state index in [1.807, 2.05) is 12.1 Å². The van der Waals surface area contributed by atoms with E-state index in [-0.39, 0.29) is 6.61 Å². The fourth-order valence-electron chi connectivity index (χ4n) is 1.37. The van der Waals surface area contributed by atoms with Crippen molar-refractivity contribution in [3.8, 4) is 10.6 Å². The molecule has 0 aliphatic carbocycles. The third-order valence-corrected chi connectivity index (χ3v) is 3.26. The first-order valence-electron chi connectivity index (χ1n) is 4.84. The van der Waals surface area contributed by atoms with Gasteiger partial charge in [-0.2, -0.15) is 0 Å². The second-order valence-corrected chi connectivity index (χ2v) is 4.30. The van der Waals surface area contributed by atoms with Gasteiger partial charge in [-0.1, -0.05) is 0 Å². The number of nitrogens with zero attached hydrogens (tertiary/aromatic N) is 2. The van der Waals surface area contributed by atoms with Crippen LogP contribution in [0, 0.1) is 0 Å². The molecule has 0 amide bonds. The quantitative estimate of drug-likeness (QED) is 0.880. The lowest BCUT2D eigenvalue weighted by molar-refractivity contribution is 0.179. The fraction of sp³-hybridized carbons (Fsp3) is 0.273. The molecule has 4 nitrogen and oxygen atoms in total. The summed E-state index contributed by atoms with van der Waals surface area (Å²) in [5.41, 5.74) is 1.82. The first-order valence-corrected chi connectivity index (χ1v) is 5.65. The number of hydrogen-bond donors (Lipinski definition) is 1. The van der Waals surface area contributed by atoms with E-state index < -0.39 is 0 Å². The molecule has 0 aromatic carbocycles. The van der Waals surface area contributed by atoms with Crippen molar-refractivity contribution in [3.63, 3.8) is 0 Å². The van der Waals surface area contributed by atoms with Crippen LogP contribution >= 0.6 is 11.3 Å². The molecule has 16 heavy (non-hydrogen) atoms. The standard InChI is InChI=1S/C11H12N2O2S/c1-15-7-9-10(6-14)16-11(13-9)8-2-4-12-5-3-8/h2-5,14H,6-7H2,1H3. The molecule has 0 bridgehead atoms. The molecular formula is C11H12N2O2S. The summed E-state index contributed by atoms with van der Waals surface area (Å²) in [5, 5.41) is 10.1. The topological polar surface area (TPSA) is 55.2 Å². The molecule has 0 aliphatic rings. The third kappa shape index (κ3) is 2.27. The predicted molar refractivity (Wildman–Crippen MR) is 62.0 cm³/mol. The van der Waals surface area contributed by atoms with Crippen LogP contribution in [0.2, 0.25) is 0 Å². The second kappa shape index (κ2) is 5.16. The van der Waals surface area contributed by atoms with Crippen LogP contribution < -0.4 is 0 Å². The molecule has 2 rings (SSSR count). The molecule has 0 unspecified atom stereocenters. The number of hydrogen-bond acceptors (Lipinski definition) is 5. The molecule has 2 aromatic rings. The first kappa shape index (κ1) is 11.2. The zero-order valence-corrected chi connectivity index (χ0v) is 9.70. The molecule has 0 aliphatic heterocycles. The van der Waals surface area contributed by atoms with Gasteiger partial charge < -0.3 is 9.84 Å². The van der Waals surface area contributed by atoms with Crippen LogP contribution in [0.25, 0.3) is 10.6 Å². The van der Waals surface area contributed by atoms with Crippen LogP contribution in [-0.4, -0.2) is 22.2 Å². The van der Waals surface area contributed by atoms with E-state index >= 15 is 0 Å². The van der Waals surface area contributed by atoms with E-state index in [1.54, 1.807) is 19.5 Å². The number of aliphatic hydroxyl groups excluding tert-OH is 1. The van der Waals surface area contributed by atoms with E-state index in [1.165, 1.54) is 11.3 Å². The summed E-state index contributed by atoms with van der Waals surface area (Å²) < 4.78 is 5.04. The normalized spacial score (nSPS) is 10.6. The summed E-state index contributed by atoms with van der Waals surface area (Å²) in [7, 11) is 1.62. The van der Waals surface area contributed by atoms with Gasteiger partial charge in [0.25, 0.3) is 0 Å². The molecule has 5 heteroatoms. The van der Waals surface area contributed by atoms with Gasteiger partial charge in [0, 0.05) is 25.1 Å². The van der Waals surface area contributed by atoms with Gasteiger partial charge in [-0.25, -0.2) is 4.98 Å². The lowest BCUT2D eigenvalue weighted by atomic mass is 10.3. The summed E-state index contributed by atoms with van der Waals surface area (Å²) in [4.78, 5) is 9.26. The number of ether oxygens (including phenoxy) is 1. The van der Waals surface area contributed by atoms with Gasteiger partial charge in [0.1, 0.15) is 5.01 Å². The minimum absolute atomic E-state index is 0.00143. The first-order chi connectivity index (χ1) is 7.85. The maximum absolute atomic E-state index is 9.21. The molecule has 0 saturated heterocycles. The van der Waals surface area contributed by atoms with Crippen molar-refractivity contribution in [2.24, 2.45) is 0 Å². The van der Waals surface area contributed by atoms with Crippen molar-refractivity contribution in [1.29, 1.82) is 0 Å². The minimum Gasteiger partial charge on any atom is -0.391 e. The smallest absolute Gasteiger partial charge is 0.124 e. The van der Waals surface area contributed by atoms with Crippen molar-refractivity contribution in [3.05, 3.63) is 35.1 Å². The highest BCUT2D eigenvalue weighted by Crippen LogP contribution is 2.28. The number of rotatable bonds is 4. The molecule has 0 fully saturated rings. The van der Waals surface area contributed by atoms with E-state index in [0.717, 1.165) is 21.1 Å². The fourth-order valence-corrected chi connectivity index (χ4v) is 2.30. The maximum Gasteiger partial charge on any atom is 0.124 e. The summed E-state index contributed by atoms with van der Waals surface area (Å²) >= 11 is 1.48. The Morgan fingerprint density at radius 1 is 1.38 bits per heavy atom. The average Bonchev–Trinajstić information content (AvgIpc) is 2.74. The molecule has 84 valence electrons. The zero-order chi connectivity index (χ0) is 11.4. The predicted octanol–water partition coefficient (Wildman–Crippen LogP) is 1.84. The molecule has 0 atom stereocenters. The maximum atomic E-state index is 9.21. The molecule has 2 heterocycles. The number of aliphatic hydroxyl groups is 1. The van der Waals surface area contributed by atoms with E-state index in [2.05, 4.69) is 9.97 Å². The van der Waals surface area contributed by atoms with Crippen molar-refractivity contribution in [2.45, 2.75) is 13.2 Å². The van der Waals surface area contributed by atoms with Gasteiger partial charge in [-0.15, -0.1) is 11.3 Å². The van der Waals surface area contributed by atoms with Gasteiger partial charge in [0.15, 0.2) is 0 Å². The van der Waals surface area contributed by atoms with Crippen molar-refractivity contribution >= 4 is 11.3 Å². The lowest BCUT2D eigenvalue weighted by Gasteiger charge is -1.95. The van der Waals surface area contributed by atoms with Gasteiger partial charge in [-0.05, 0) is 12.1 Å². The minimum atomic E-state index is 0.00143. The highest BCUT2D eigenvalue weighted by Gasteiger charge is 2.11. The monoisotopic (exact) mass is 236 g/mol. The number of methoxy groups -OCH3 is 1. The SMILES string of the molecule is COCc1nc(-c2ccncc2)sc1CO. The lowest BCUT2D eigenvalue weighted by Crippen LogP contribution is -1.92. The Morgan fingerprint density at radius 3 is 2.75 bits per heavy atom. The van der Waals surface area contributed by atoms with E-state index in [4.69, 9.17) is 4.74 Å². The number of thiazole rings is 1. The summed E-state index contributed by atoms with van der Waals surface area (Å²) in [5.74, 6) is 0. The van der Waals surface area contributed by atoms with Gasteiger partial charge in [0.2, 0.25) is 0 Å². The average molecular weight is 236 g/mol. The van der Waals surface area contributed by atoms with Crippen LogP contribution in [0.4, 0.5) is 0 Å². The summed E-state index contributed by atoms with van der Waals surface area (Å²) in [6.45, 7) is 0.429. The second-order valence-electron chi connectivity index (χ2n) is 3.22. The van der Waals surface area contributed by atoms with Crippen LogP contribution in [-0.2, 0) is 18.0 Å². The third-order valence-electron chi connectivity index (χ3n) is 2.13. The molecule has 0 saturated carbocycles. The molecular weight excluding hydrogens is 224 g/mol. The highest BCUT2D eigenvalue weighted by atomic mass is 32.1. The summed E-state index contributed by atoms with van der Waals surface area (Å²) in [6.07, 6.45) is 3.46. The largest absolute Gasteiger partial charge is 0.391 e. The molecule has 2 aromatic heterocycles. The summed E-state index contributed by atoms with van der Waals surface area (Å²) in [6, 6.07) is 3.80. The van der Waals surface area contributed by atoms with Crippen LogP contribution in [0.3, 0.4) is 0 Å². The Morgan fingerprint density at radius 2 is 2.12 bits per heavy atom. The van der Waals surface area contributed by atoms with Gasteiger partial charge in [0.05, 0.1) is 23.8 Å². The van der Waals surface area contributed by atoms with Crippen LogP contribution in [0.5, 0.6) is 0 Å². The number of aromatic nitrogens is 2. The van der Waals surface area contributed by atoms with Crippen LogP contribution in [0.1, 0.15) is 10.6 Å². The van der Waals surface area contributed by atoms with Crippen molar-refractivity contribution < 1.29 is 9.84 Å². The van der Waals surface area contributed by atoms with Crippen molar-refractivity contribution in [2.75, 3.05) is 7.11 Å². The highest BCUT2D eigenvalue weighted by molar-refractivity contribution is 7.15. The molecule has 0 spiro atoms. The molecule has 1 N–H and O–H groups in total. The molecule has 0 radical (unpaired) electrons. The Hall–Kier alpha value is -1.30. The Bertz CT molecular complexity index is 456. The zero-order valence-electron chi connectivity index (χ0n) is 8.88. The van der Waals surface area contributed by atoms with Crippen LogP contribution in [0.15, 0.2) is 24.5 Å².